The van der Waals surface area contributed by atoms with E-state index in [4.69, 9.17) is 5.11 Å². The zero-order chi connectivity index (χ0) is 22.9. The third-order valence-corrected chi connectivity index (χ3v) is 8.06. The van der Waals surface area contributed by atoms with Gasteiger partial charge < -0.3 is 15.3 Å². The Balaban J connectivity index is 1.47. The molecule has 1 fully saturated rings. The lowest BCUT2D eigenvalue weighted by Gasteiger charge is -2.17. The molecule has 5 nitrogen and oxygen atoms in total. The van der Waals surface area contributed by atoms with Crippen molar-refractivity contribution in [1.29, 1.82) is 0 Å². The van der Waals surface area contributed by atoms with Crippen LogP contribution < -0.4 is 0 Å². The molecule has 2 aromatic rings. The van der Waals surface area contributed by atoms with Crippen molar-refractivity contribution >= 4 is 46.0 Å². The van der Waals surface area contributed by atoms with Crippen LogP contribution in [0, 0.1) is 5.92 Å². The van der Waals surface area contributed by atoms with E-state index < -0.39 is 18.2 Å². The molecule has 0 saturated heterocycles. The van der Waals surface area contributed by atoms with Crippen molar-refractivity contribution < 1.29 is 24.9 Å². The number of ketones is 1. The molecule has 1 aliphatic carbocycles. The molecule has 1 aliphatic rings. The molecular weight excluding hydrogens is 444 g/mol. The number of hydrogen-bond acceptors (Lipinski definition) is 6. The Kier molecular flexibility index (Phi) is 9.66. The lowest BCUT2D eigenvalue weighted by atomic mass is 10.0. The fraction of sp³-hybridized carbons (Fsp3) is 0.440. The first-order chi connectivity index (χ1) is 15.4. The van der Waals surface area contributed by atoms with Crippen LogP contribution in [0.3, 0.4) is 0 Å². The smallest absolute Gasteiger partial charge is 0.313 e. The molecule has 0 radical (unpaired) electrons. The highest BCUT2D eigenvalue weighted by Gasteiger charge is 2.40. The number of hydrogen-bond donors (Lipinski definition) is 3. The minimum atomic E-state index is -0.818. The van der Waals surface area contributed by atoms with E-state index >= 15 is 0 Å². The standard InChI is InChI=1S/C25H30O5S2/c26-20(9-7-17-6-8-18-4-1-2-5-19(18)14-17)10-11-21-22(27)15-23(28)25(21)32-13-3-12-31-16-24(29)30/h1-2,4-6,8,10-11,14,20-22,25-27H,3,7,9,12-13,15-16H2,(H,29,30)/t20?,21-,22+,25+/m0/s1. The zero-order valence-electron chi connectivity index (χ0n) is 17.9. The summed E-state index contributed by atoms with van der Waals surface area (Å²) in [4.78, 5) is 22.8. The maximum Gasteiger partial charge on any atom is 0.313 e. The molecular formula is C25H30O5S2. The molecule has 0 spiro atoms. The molecule has 0 aromatic heterocycles. The highest BCUT2D eigenvalue weighted by molar-refractivity contribution is 8.01. The first-order valence-electron chi connectivity index (χ1n) is 10.9. The number of carbonyl (C=O) groups excluding carboxylic acids is 1. The van der Waals surface area contributed by atoms with Gasteiger partial charge in [-0.1, -0.05) is 54.6 Å². The number of aliphatic hydroxyl groups excluding tert-OH is 2. The summed E-state index contributed by atoms with van der Waals surface area (Å²) in [6.07, 6.45) is 4.44. The molecule has 0 heterocycles. The lowest BCUT2D eigenvalue weighted by molar-refractivity contribution is -0.133. The van der Waals surface area contributed by atoms with Crippen molar-refractivity contribution in [2.75, 3.05) is 17.3 Å². The van der Waals surface area contributed by atoms with Crippen molar-refractivity contribution in [2.24, 2.45) is 5.92 Å². The normalized spacial score (nSPS) is 22.1. The number of aliphatic hydroxyl groups is 2. The van der Waals surface area contributed by atoms with Crippen LogP contribution in [-0.4, -0.2) is 61.8 Å². The molecule has 3 N–H and O–H groups in total. The number of aliphatic carboxylic acids is 1. The van der Waals surface area contributed by atoms with E-state index in [1.807, 2.05) is 12.1 Å². The topological polar surface area (TPSA) is 94.8 Å². The first-order valence-corrected chi connectivity index (χ1v) is 13.1. The number of carbonyl (C=O) groups is 2. The molecule has 4 atom stereocenters. The van der Waals surface area contributed by atoms with Crippen molar-refractivity contribution in [3.63, 3.8) is 0 Å². The van der Waals surface area contributed by atoms with Crippen LogP contribution in [0.4, 0.5) is 0 Å². The van der Waals surface area contributed by atoms with E-state index in [1.165, 1.54) is 39.9 Å². The third-order valence-electron chi connectivity index (χ3n) is 5.58. The van der Waals surface area contributed by atoms with Gasteiger partial charge in [0.2, 0.25) is 0 Å². The number of thioether (sulfide) groups is 2. The van der Waals surface area contributed by atoms with E-state index in [1.54, 1.807) is 12.2 Å². The minimum Gasteiger partial charge on any atom is -0.481 e. The van der Waals surface area contributed by atoms with Gasteiger partial charge >= 0.3 is 5.97 Å². The number of carboxylic acid groups (broad SMARTS) is 1. The molecule has 32 heavy (non-hydrogen) atoms. The van der Waals surface area contributed by atoms with Crippen molar-refractivity contribution in [1.82, 2.24) is 0 Å². The Hall–Kier alpha value is -1.80. The van der Waals surface area contributed by atoms with E-state index in [2.05, 4.69) is 30.3 Å². The largest absolute Gasteiger partial charge is 0.481 e. The maximum absolute atomic E-state index is 12.3. The van der Waals surface area contributed by atoms with Crippen molar-refractivity contribution in [3.8, 4) is 0 Å². The SMILES string of the molecule is O=C(O)CSCCCS[C@H]1C(=O)C[C@@H](O)[C@@H]1C=CC(O)CCc1ccc2ccccc2c1. The van der Waals surface area contributed by atoms with Crippen LogP contribution in [0.5, 0.6) is 0 Å². The predicted octanol–water partition coefficient (Wildman–Crippen LogP) is 3.95. The van der Waals surface area contributed by atoms with Crippen molar-refractivity contribution in [2.45, 2.75) is 43.1 Å². The first kappa shape index (κ1) is 24.8. The number of benzene rings is 2. The summed E-state index contributed by atoms with van der Waals surface area (Å²) in [5.74, 6) is 0.492. The summed E-state index contributed by atoms with van der Waals surface area (Å²) < 4.78 is 0. The average Bonchev–Trinajstić information content (AvgIpc) is 3.04. The number of aryl methyl sites for hydroxylation is 1. The molecule has 0 amide bonds. The third kappa shape index (κ3) is 7.37. The second-order valence-electron chi connectivity index (χ2n) is 8.08. The van der Waals surface area contributed by atoms with Gasteiger partial charge in [0.1, 0.15) is 5.78 Å². The Morgan fingerprint density at radius 1 is 1.16 bits per heavy atom. The summed E-state index contributed by atoms with van der Waals surface area (Å²) in [6.45, 7) is 0. The molecule has 2 aromatic carbocycles. The zero-order valence-corrected chi connectivity index (χ0v) is 19.6. The van der Waals surface area contributed by atoms with Crippen LogP contribution in [-0.2, 0) is 16.0 Å². The average molecular weight is 475 g/mol. The fourth-order valence-corrected chi connectivity index (χ4v) is 6.09. The van der Waals surface area contributed by atoms with Crippen molar-refractivity contribution in [3.05, 3.63) is 60.2 Å². The van der Waals surface area contributed by atoms with E-state index in [0.717, 1.165) is 24.3 Å². The second kappa shape index (κ2) is 12.4. The van der Waals surface area contributed by atoms with Crippen LogP contribution in [0.25, 0.3) is 10.8 Å². The van der Waals surface area contributed by atoms with Crippen LogP contribution in [0.1, 0.15) is 24.8 Å². The predicted molar refractivity (Wildman–Crippen MR) is 132 cm³/mol. The van der Waals surface area contributed by atoms with Gasteiger partial charge in [0, 0.05) is 12.3 Å². The monoisotopic (exact) mass is 474 g/mol. The summed E-state index contributed by atoms with van der Waals surface area (Å²) >= 11 is 2.89. The number of Topliss-reactive ketones (excluding diaryl/α,β-unsaturated/α-hetero) is 1. The van der Waals surface area contributed by atoms with E-state index in [9.17, 15) is 19.8 Å². The quantitative estimate of drug-likeness (QED) is 0.317. The van der Waals surface area contributed by atoms with Gasteiger partial charge in [-0.25, -0.2) is 0 Å². The summed E-state index contributed by atoms with van der Waals surface area (Å²) in [5, 5.41) is 31.5. The molecule has 1 saturated carbocycles. The van der Waals surface area contributed by atoms with Gasteiger partial charge in [0.15, 0.2) is 0 Å². The Morgan fingerprint density at radius 3 is 2.72 bits per heavy atom. The summed E-state index contributed by atoms with van der Waals surface area (Å²) in [6, 6.07) is 14.5. The van der Waals surface area contributed by atoms with Crippen LogP contribution >= 0.6 is 23.5 Å². The Labute approximate surface area is 197 Å². The van der Waals surface area contributed by atoms with Gasteiger partial charge in [-0.2, -0.15) is 11.8 Å². The number of rotatable bonds is 12. The molecule has 0 bridgehead atoms. The second-order valence-corrected chi connectivity index (χ2v) is 10.4. The molecule has 3 rings (SSSR count). The highest BCUT2D eigenvalue weighted by atomic mass is 32.2. The Bertz CT molecular complexity index is 945. The molecule has 172 valence electrons. The molecule has 1 unspecified atom stereocenters. The van der Waals surface area contributed by atoms with E-state index in [0.29, 0.717) is 6.42 Å². The van der Waals surface area contributed by atoms with Gasteiger partial charge in [-0.15, -0.1) is 11.8 Å². The molecule has 0 aliphatic heterocycles. The van der Waals surface area contributed by atoms with Gasteiger partial charge in [0.25, 0.3) is 0 Å². The van der Waals surface area contributed by atoms with Gasteiger partial charge in [-0.05, 0) is 47.1 Å². The highest BCUT2D eigenvalue weighted by Crippen LogP contribution is 2.34. The number of fused-ring (bicyclic) bond motifs is 1. The minimum absolute atomic E-state index is 0.0426. The maximum atomic E-state index is 12.3. The lowest BCUT2D eigenvalue weighted by Crippen LogP contribution is -2.22. The van der Waals surface area contributed by atoms with Gasteiger partial charge in [0.05, 0.1) is 23.2 Å². The Morgan fingerprint density at radius 2 is 1.94 bits per heavy atom. The number of carboxylic acids is 1. The van der Waals surface area contributed by atoms with E-state index in [-0.39, 0.29) is 29.1 Å². The summed E-state index contributed by atoms with van der Waals surface area (Å²) in [7, 11) is 0. The van der Waals surface area contributed by atoms with Gasteiger partial charge in [-0.3, -0.25) is 9.59 Å². The summed E-state index contributed by atoms with van der Waals surface area (Å²) in [5.41, 5.74) is 1.17. The van der Waals surface area contributed by atoms with Crippen LogP contribution in [0.15, 0.2) is 54.6 Å². The fourth-order valence-electron chi connectivity index (χ4n) is 3.90. The molecule has 7 heteroatoms. The van der Waals surface area contributed by atoms with Crippen LogP contribution in [0.2, 0.25) is 0 Å².